The zero-order chi connectivity index (χ0) is 12.9. The molecule has 1 aliphatic rings. The van der Waals surface area contributed by atoms with Gasteiger partial charge in [0.2, 0.25) is 0 Å². The standard InChI is InChI=1S/C14H17N3O/c1-9-4-11-12(5-14(2,3)6-13(11)18)17(9)10-7-15-16-8-10/h4,7-8H,5-6H2,1-3H3,(H,15,16). The first-order chi connectivity index (χ1) is 8.48. The van der Waals surface area contributed by atoms with Gasteiger partial charge in [-0.3, -0.25) is 9.89 Å². The number of Topliss-reactive ketones (excluding diaryl/α,β-unsaturated/α-hetero) is 1. The molecule has 0 unspecified atom stereocenters. The largest absolute Gasteiger partial charge is 0.315 e. The van der Waals surface area contributed by atoms with E-state index in [1.54, 1.807) is 6.20 Å². The van der Waals surface area contributed by atoms with Gasteiger partial charge in [0.1, 0.15) is 0 Å². The molecular formula is C14H17N3O. The third-order valence-corrected chi connectivity index (χ3v) is 3.61. The van der Waals surface area contributed by atoms with Crippen LogP contribution in [0.5, 0.6) is 0 Å². The van der Waals surface area contributed by atoms with Gasteiger partial charge in [-0.25, -0.2) is 0 Å². The number of fused-ring (bicyclic) bond motifs is 1. The van der Waals surface area contributed by atoms with Gasteiger partial charge in [-0.15, -0.1) is 0 Å². The van der Waals surface area contributed by atoms with Crippen molar-refractivity contribution < 1.29 is 4.79 Å². The minimum Gasteiger partial charge on any atom is -0.315 e. The molecule has 4 nitrogen and oxygen atoms in total. The Kier molecular flexibility index (Phi) is 2.24. The number of nitrogens with one attached hydrogen (secondary N) is 1. The van der Waals surface area contributed by atoms with Gasteiger partial charge < -0.3 is 4.57 Å². The molecule has 2 aromatic rings. The summed E-state index contributed by atoms with van der Waals surface area (Å²) in [6.45, 7) is 6.33. The molecule has 0 aliphatic heterocycles. The van der Waals surface area contributed by atoms with Gasteiger partial charge in [0.15, 0.2) is 5.78 Å². The number of aromatic amines is 1. The van der Waals surface area contributed by atoms with Crippen LogP contribution in [0.1, 0.15) is 42.0 Å². The quantitative estimate of drug-likeness (QED) is 0.837. The van der Waals surface area contributed by atoms with Crippen LogP contribution in [-0.4, -0.2) is 20.5 Å². The second kappa shape index (κ2) is 3.57. The van der Waals surface area contributed by atoms with Crippen molar-refractivity contribution >= 4 is 5.78 Å². The first kappa shape index (κ1) is 11.3. The van der Waals surface area contributed by atoms with Crippen molar-refractivity contribution in [3.8, 4) is 5.69 Å². The second-order valence-electron chi connectivity index (χ2n) is 5.88. The molecule has 1 aliphatic carbocycles. The Morgan fingerprint density at radius 3 is 2.83 bits per heavy atom. The van der Waals surface area contributed by atoms with Crippen LogP contribution >= 0.6 is 0 Å². The van der Waals surface area contributed by atoms with Crippen molar-refractivity contribution in [1.29, 1.82) is 0 Å². The summed E-state index contributed by atoms with van der Waals surface area (Å²) < 4.78 is 2.14. The van der Waals surface area contributed by atoms with E-state index in [9.17, 15) is 4.79 Å². The Bertz CT molecular complexity index is 605. The molecular weight excluding hydrogens is 226 g/mol. The predicted octanol–water partition coefficient (Wildman–Crippen LogP) is 2.66. The fraction of sp³-hybridized carbons (Fsp3) is 0.429. The molecule has 2 aromatic heterocycles. The van der Waals surface area contributed by atoms with Crippen molar-refractivity contribution in [2.45, 2.75) is 33.6 Å². The fourth-order valence-electron chi connectivity index (χ4n) is 2.88. The van der Waals surface area contributed by atoms with Crippen LogP contribution in [0.4, 0.5) is 0 Å². The summed E-state index contributed by atoms with van der Waals surface area (Å²) in [4.78, 5) is 12.2. The maximum absolute atomic E-state index is 12.2. The van der Waals surface area contributed by atoms with Gasteiger partial charge in [-0.1, -0.05) is 13.8 Å². The molecule has 0 amide bonds. The molecule has 3 rings (SSSR count). The lowest BCUT2D eigenvalue weighted by Crippen LogP contribution is -2.27. The third-order valence-electron chi connectivity index (χ3n) is 3.61. The molecule has 94 valence electrons. The minimum atomic E-state index is 0.0381. The summed E-state index contributed by atoms with van der Waals surface area (Å²) in [5.41, 5.74) is 4.13. The second-order valence-corrected chi connectivity index (χ2v) is 5.88. The molecule has 1 N–H and O–H groups in total. The van der Waals surface area contributed by atoms with E-state index in [0.717, 1.165) is 29.1 Å². The van der Waals surface area contributed by atoms with Crippen molar-refractivity contribution in [2.24, 2.45) is 5.41 Å². The van der Waals surface area contributed by atoms with Crippen molar-refractivity contribution in [2.75, 3.05) is 0 Å². The van der Waals surface area contributed by atoms with E-state index in [2.05, 4.69) is 28.6 Å². The Balaban J connectivity index is 2.21. The zero-order valence-corrected chi connectivity index (χ0v) is 10.9. The third kappa shape index (κ3) is 1.60. The Labute approximate surface area is 106 Å². The lowest BCUT2D eigenvalue weighted by Gasteiger charge is -2.29. The lowest BCUT2D eigenvalue weighted by atomic mass is 9.76. The molecule has 0 bridgehead atoms. The van der Waals surface area contributed by atoms with Crippen molar-refractivity contribution in [3.05, 3.63) is 35.4 Å². The summed E-state index contributed by atoms with van der Waals surface area (Å²) in [6, 6.07) is 2.00. The molecule has 0 aromatic carbocycles. The normalized spacial score (nSPS) is 17.8. The molecule has 0 atom stereocenters. The highest BCUT2D eigenvalue weighted by molar-refractivity contribution is 5.99. The summed E-state index contributed by atoms with van der Waals surface area (Å²) in [5.74, 6) is 0.256. The van der Waals surface area contributed by atoms with Crippen LogP contribution < -0.4 is 0 Å². The van der Waals surface area contributed by atoms with Crippen LogP contribution in [0.2, 0.25) is 0 Å². The first-order valence-electron chi connectivity index (χ1n) is 6.21. The number of hydrogen-bond donors (Lipinski definition) is 1. The highest BCUT2D eigenvalue weighted by atomic mass is 16.1. The maximum Gasteiger partial charge on any atom is 0.165 e. The van der Waals surface area contributed by atoms with Gasteiger partial charge in [0.05, 0.1) is 11.9 Å². The van der Waals surface area contributed by atoms with E-state index in [1.165, 1.54) is 0 Å². The topological polar surface area (TPSA) is 50.7 Å². The smallest absolute Gasteiger partial charge is 0.165 e. The maximum atomic E-state index is 12.2. The van der Waals surface area contributed by atoms with E-state index in [0.29, 0.717) is 6.42 Å². The number of aryl methyl sites for hydroxylation is 1. The van der Waals surface area contributed by atoms with E-state index in [-0.39, 0.29) is 11.2 Å². The molecule has 4 heteroatoms. The molecule has 0 saturated heterocycles. The number of rotatable bonds is 1. The average molecular weight is 243 g/mol. The van der Waals surface area contributed by atoms with Gasteiger partial charge in [0.25, 0.3) is 0 Å². The Hall–Kier alpha value is -1.84. The molecule has 0 saturated carbocycles. The average Bonchev–Trinajstić information content (AvgIpc) is 2.83. The summed E-state index contributed by atoms with van der Waals surface area (Å²) in [5, 5.41) is 6.82. The summed E-state index contributed by atoms with van der Waals surface area (Å²) in [6.07, 6.45) is 5.21. The van der Waals surface area contributed by atoms with Crippen molar-refractivity contribution in [3.63, 3.8) is 0 Å². The minimum absolute atomic E-state index is 0.0381. The van der Waals surface area contributed by atoms with Crippen LogP contribution in [0.15, 0.2) is 18.5 Å². The zero-order valence-electron chi connectivity index (χ0n) is 10.9. The SMILES string of the molecule is Cc1cc2c(n1-c1cn[nH]c1)CC(C)(C)CC2=O. The summed E-state index contributed by atoms with van der Waals surface area (Å²) >= 11 is 0. The van der Waals surface area contributed by atoms with E-state index < -0.39 is 0 Å². The molecule has 2 heterocycles. The highest BCUT2D eigenvalue weighted by Gasteiger charge is 2.34. The van der Waals surface area contributed by atoms with Gasteiger partial charge in [-0.2, -0.15) is 5.10 Å². The van der Waals surface area contributed by atoms with Gasteiger partial charge in [-0.05, 0) is 24.8 Å². The number of hydrogen-bond acceptors (Lipinski definition) is 2. The van der Waals surface area contributed by atoms with E-state index in [4.69, 9.17) is 0 Å². The molecule has 0 spiro atoms. The highest BCUT2D eigenvalue weighted by Crippen LogP contribution is 2.37. The molecule has 18 heavy (non-hydrogen) atoms. The Morgan fingerprint density at radius 2 is 2.17 bits per heavy atom. The van der Waals surface area contributed by atoms with Crippen LogP contribution in [0.3, 0.4) is 0 Å². The van der Waals surface area contributed by atoms with Gasteiger partial charge >= 0.3 is 0 Å². The fourth-order valence-corrected chi connectivity index (χ4v) is 2.88. The first-order valence-corrected chi connectivity index (χ1v) is 6.21. The lowest BCUT2D eigenvalue weighted by molar-refractivity contribution is 0.0911. The van der Waals surface area contributed by atoms with E-state index in [1.807, 2.05) is 19.2 Å². The monoisotopic (exact) mass is 243 g/mol. The number of H-pyrrole nitrogens is 1. The molecule has 0 fully saturated rings. The van der Waals surface area contributed by atoms with Gasteiger partial charge in [0, 0.05) is 29.6 Å². The van der Waals surface area contributed by atoms with Crippen LogP contribution in [0.25, 0.3) is 5.69 Å². The van der Waals surface area contributed by atoms with Crippen molar-refractivity contribution in [1.82, 2.24) is 14.8 Å². The summed E-state index contributed by atoms with van der Waals surface area (Å²) in [7, 11) is 0. The predicted molar refractivity (Wildman–Crippen MR) is 69.1 cm³/mol. The van der Waals surface area contributed by atoms with Crippen LogP contribution in [0, 0.1) is 12.3 Å². The van der Waals surface area contributed by atoms with E-state index >= 15 is 0 Å². The number of aromatic nitrogens is 3. The van der Waals surface area contributed by atoms with Crippen LogP contribution in [-0.2, 0) is 6.42 Å². The molecule has 0 radical (unpaired) electrons. The number of carbonyl (C=O) groups is 1. The number of carbonyl (C=O) groups excluding carboxylic acids is 1. The number of ketones is 1. The Morgan fingerprint density at radius 1 is 1.39 bits per heavy atom. The number of nitrogens with zero attached hydrogens (tertiary/aromatic N) is 2.